The van der Waals surface area contributed by atoms with Gasteiger partial charge in [0.1, 0.15) is 5.82 Å². The Labute approximate surface area is 172 Å². The number of anilines is 2. The standard InChI is InChI=1S/C24H30FN3O/c1-17-15-20-7-8-21(26-18(2)29)16-24(20)28(17)22-10-13-27(14-11-22)12-9-19-5-3-4-6-23(19)25/h3-8,16-17,22H,9-15H2,1-2H3,(H,26,29). The highest BCUT2D eigenvalue weighted by Gasteiger charge is 2.33. The zero-order chi connectivity index (χ0) is 20.4. The summed E-state index contributed by atoms with van der Waals surface area (Å²) in [5.41, 5.74) is 4.32. The lowest BCUT2D eigenvalue weighted by molar-refractivity contribution is -0.114. The van der Waals surface area contributed by atoms with Gasteiger partial charge in [0.05, 0.1) is 0 Å². The monoisotopic (exact) mass is 395 g/mol. The van der Waals surface area contributed by atoms with E-state index in [2.05, 4.69) is 34.2 Å². The van der Waals surface area contributed by atoms with E-state index in [0.29, 0.717) is 12.1 Å². The first kappa shape index (κ1) is 19.9. The van der Waals surface area contributed by atoms with E-state index >= 15 is 0 Å². The Kier molecular flexibility index (Phi) is 5.86. The molecule has 1 atom stereocenters. The molecule has 1 amide bonds. The third-order valence-electron chi connectivity index (χ3n) is 6.28. The summed E-state index contributed by atoms with van der Waals surface area (Å²) in [7, 11) is 0. The molecule has 1 saturated heterocycles. The van der Waals surface area contributed by atoms with Gasteiger partial charge in [0.15, 0.2) is 0 Å². The van der Waals surface area contributed by atoms with E-state index in [1.807, 2.05) is 18.2 Å². The molecular weight excluding hydrogens is 365 g/mol. The Morgan fingerprint density at radius 1 is 1.17 bits per heavy atom. The fourth-order valence-electron chi connectivity index (χ4n) is 4.87. The second-order valence-corrected chi connectivity index (χ2v) is 8.40. The summed E-state index contributed by atoms with van der Waals surface area (Å²) in [4.78, 5) is 16.4. The van der Waals surface area contributed by atoms with Crippen molar-refractivity contribution >= 4 is 17.3 Å². The highest BCUT2D eigenvalue weighted by molar-refractivity contribution is 5.89. The van der Waals surface area contributed by atoms with Gasteiger partial charge in [-0.15, -0.1) is 0 Å². The largest absolute Gasteiger partial charge is 0.365 e. The summed E-state index contributed by atoms with van der Waals surface area (Å²) in [6.07, 6.45) is 4.06. The Bertz CT molecular complexity index is 876. The quantitative estimate of drug-likeness (QED) is 0.822. The van der Waals surface area contributed by atoms with E-state index < -0.39 is 0 Å². The predicted molar refractivity (Wildman–Crippen MR) is 116 cm³/mol. The number of carbonyl (C=O) groups is 1. The number of fused-ring (bicyclic) bond motifs is 1. The minimum atomic E-state index is -0.0974. The highest BCUT2D eigenvalue weighted by Crippen LogP contribution is 2.38. The maximum atomic E-state index is 13.9. The SMILES string of the molecule is CC(=O)Nc1ccc2c(c1)N(C1CCN(CCc3ccccc3F)CC1)C(C)C2. The van der Waals surface area contributed by atoms with Crippen LogP contribution in [0.5, 0.6) is 0 Å². The van der Waals surface area contributed by atoms with Gasteiger partial charge in [-0.3, -0.25) is 4.79 Å². The summed E-state index contributed by atoms with van der Waals surface area (Å²) in [5.74, 6) is -0.134. The number of nitrogens with zero attached hydrogens (tertiary/aromatic N) is 2. The zero-order valence-electron chi connectivity index (χ0n) is 17.3. The smallest absolute Gasteiger partial charge is 0.221 e. The van der Waals surface area contributed by atoms with Gasteiger partial charge in [0.25, 0.3) is 0 Å². The third kappa shape index (κ3) is 4.45. The summed E-state index contributed by atoms with van der Waals surface area (Å²) in [5, 5.41) is 2.91. The molecule has 4 rings (SSSR count). The molecule has 1 unspecified atom stereocenters. The lowest BCUT2D eigenvalue weighted by Gasteiger charge is -2.40. The molecule has 0 saturated carbocycles. The van der Waals surface area contributed by atoms with Crippen LogP contribution in [0.2, 0.25) is 0 Å². The van der Waals surface area contributed by atoms with E-state index in [4.69, 9.17) is 0 Å². The Morgan fingerprint density at radius 3 is 2.66 bits per heavy atom. The van der Waals surface area contributed by atoms with Crippen molar-refractivity contribution in [1.29, 1.82) is 0 Å². The molecule has 0 radical (unpaired) electrons. The highest BCUT2D eigenvalue weighted by atomic mass is 19.1. The van der Waals surface area contributed by atoms with Crippen LogP contribution in [0, 0.1) is 5.82 Å². The van der Waals surface area contributed by atoms with Crippen molar-refractivity contribution in [1.82, 2.24) is 4.90 Å². The number of hydrogen-bond acceptors (Lipinski definition) is 3. The molecule has 1 N–H and O–H groups in total. The molecule has 2 aliphatic heterocycles. The molecule has 0 spiro atoms. The average molecular weight is 396 g/mol. The number of carbonyl (C=O) groups excluding carboxylic acids is 1. The van der Waals surface area contributed by atoms with E-state index in [1.54, 1.807) is 19.1 Å². The third-order valence-corrected chi connectivity index (χ3v) is 6.28. The summed E-state index contributed by atoms with van der Waals surface area (Å²) in [6.45, 7) is 6.84. The van der Waals surface area contributed by atoms with Gasteiger partial charge in [-0.05, 0) is 61.9 Å². The zero-order valence-corrected chi connectivity index (χ0v) is 17.3. The number of likely N-dealkylation sites (tertiary alicyclic amines) is 1. The van der Waals surface area contributed by atoms with Gasteiger partial charge in [-0.1, -0.05) is 24.3 Å². The van der Waals surface area contributed by atoms with Gasteiger partial charge in [-0.2, -0.15) is 0 Å². The minimum absolute atomic E-state index is 0.0364. The van der Waals surface area contributed by atoms with Gasteiger partial charge in [0, 0.05) is 50.0 Å². The Morgan fingerprint density at radius 2 is 1.93 bits per heavy atom. The number of rotatable bonds is 5. The van der Waals surface area contributed by atoms with E-state index in [9.17, 15) is 9.18 Å². The summed E-state index contributed by atoms with van der Waals surface area (Å²) < 4.78 is 13.9. The molecule has 0 aliphatic carbocycles. The first-order chi connectivity index (χ1) is 14.0. The van der Waals surface area contributed by atoms with Gasteiger partial charge in [0.2, 0.25) is 5.91 Å². The van der Waals surface area contributed by atoms with Crippen LogP contribution in [0.25, 0.3) is 0 Å². The predicted octanol–water partition coefficient (Wildman–Crippen LogP) is 4.24. The average Bonchev–Trinajstić information content (AvgIpc) is 3.02. The first-order valence-corrected chi connectivity index (χ1v) is 10.7. The van der Waals surface area contributed by atoms with Crippen LogP contribution >= 0.6 is 0 Å². The molecule has 154 valence electrons. The molecule has 2 aromatic carbocycles. The van der Waals surface area contributed by atoms with Crippen molar-refractivity contribution in [3.8, 4) is 0 Å². The number of hydrogen-bond donors (Lipinski definition) is 1. The van der Waals surface area contributed by atoms with Crippen LogP contribution in [0.1, 0.15) is 37.8 Å². The van der Waals surface area contributed by atoms with Crippen molar-refractivity contribution in [2.24, 2.45) is 0 Å². The molecule has 29 heavy (non-hydrogen) atoms. The normalized spacial score (nSPS) is 20.0. The van der Waals surface area contributed by atoms with Gasteiger partial charge < -0.3 is 15.1 Å². The fourth-order valence-corrected chi connectivity index (χ4v) is 4.87. The fraction of sp³-hybridized carbons (Fsp3) is 0.458. The summed E-state index contributed by atoms with van der Waals surface area (Å²) in [6, 6.07) is 14.4. The van der Waals surface area contributed by atoms with Crippen LogP contribution in [0.4, 0.5) is 15.8 Å². The summed E-state index contributed by atoms with van der Waals surface area (Å²) >= 11 is 0. The van der Waals surface area contributed by atoms with Crippen LogP contribution < -0.4 is 10.2 Å². The van der Waals surface area contributed by atoms with Crippen molar-refractivity contribution in [3.05, 3.63) is 59.4 Å². The van der Waals surface area contributed by atoms with E-state index in [-0.39, 0.29) is 11.7 Å². The van der Waals surface area contributed by atoms with E-state index in [0.717, 1.165) is 56.6 Å². The van der Waals surface area contributed by atoms with E-state index in [1.165, 1.54) is 11.3 Å². The lowest BCUT2D eigenvalue weighted by Crippen LogP contribution is -2.47. The molecule has 2 heterocycles. The van der Waals surface area contributed by atoms with Crippen LogP contribution in [0.3, 0.4) is 0 Å². The van der Waals surface area contributed by atoms with Crippen molar-refractivity contribution in [3.63, 3.8) is 0 Å². The van der Waals surface area contributed by atoms with Crippen molar-refractivity contribution in [2.45, 2.75) is 51.6 Å². The topological polar surface area (TPSA) is 35.6 Å². The molecule has 4 nitrogen and oxygen atoms in total. The van der Waals surface area contributed by atoms with Crippen LogP contribution in [-0.4, -0.2) is 42.5 Å². The van der Waals surface area contributed by atoms with Gasteiger partial charge in [-0.25, -0.2) is 4.39 Å². The molecule has 5 heteroatoms. The number of halogens is 1. The second-order valence-electron chi connectivity index (χ2n) is 8.40. The number of piperidine rings is 1. The molecule has 1 fully saturated rings. The molecule has 2 aliphatic rings. The first-order valence-electron chi connectivity index (χ1n) is 10.7. The molecular formula is C24H30FN3O. The number of benzene rings is 2. The molecule has 2 aromatic rings. The second kappa shape index (κ2) is 8.54. The number of nitrogens with one attached hydrogen (secondary N) is 1. The van der Waals surface area contributed by atoms with Crippen molar-refractivity contribution < 1.29 is 9.18 Å². The maximum Gasteiger partial charge on any atom is 0.221 e. The lowest BCUT2D eigenvalue weighted by atomic mass is 10.0. The van der Waals surface area contributed by atoms with Gasteiger partial charge >= 0.3 is 0 Å². The van der Waals surface area contributed by atoms with Crippen molar-refractivity contribution in [2.75, 3.05) is 29.9 Å². The molecule has 0 aromatic heterocycles. The maximum absolute atomic E-state index is 13.9. The van der Waals surface area contributed by atoms with Crippen LogP contribution in [-0.2, 0) is 17.6 Å². The Balaban J connectivity index is 1.37. The molecule has 0 bridgehead atoms. The number of amides is 1. The van der Waals surface area contributed by atoms with Crippen LogP contribution in [0.15, 0.2) is 42.5 Å². The Hall–Kier alpha value is -2.40. The minimum Gasteiger partial charge on any atom is -0.365 e.